The van der Waals surface area contributed by atoms with Gasteiger partial charge in [-0.15, -0.1) is 0 Å². The Bertz CT molecular complexity index is 487. The molecule has 1 heterocycles. The Morgan fingerprint density at radius 2 is 2.00 bits per heavy atom. The van der Waals surface area contributed by atoms with Gasteiger partial charge < -0.3 is 4.52 Å². The maximum Gasteiger partial charge on any atom is 0.365 e. The average molecular weight is 268 g/mol. The molecular formula is C11H10BrNO2. The molecule has 3 nitrogen and oxygen atoms in total. The Morgan fingerprint density at radius 3 is 2.67 bits per heavy atom. The van der Waals surface area contributed by atoms with Gasteiger partial charge >= 0.3 is 5.63 Å². The molecule has 0 atom stereocenters. The van der Waals surface area contributed by atoms with E-state index >= 15 is 0 Å². The number of hydrogen-bond donors (Lipinski definition) is 0. The largest absolute Gasteiger partial charge is 0.365 e. The van der Waals surface area contributed by atoms with Gasteiger partial charge in [0.05, 0.1) is 18.3 Å². The minimum atomic E-state index is -0.290. The van der Waals surface area contributed by atoms with Crippen molar-refractivity contribution in [1.29, 1.82) is 0 Å². The number of nitrogens with zero attached hydrogens (tertiary/aromatic N) is 1. The molecule has 2 aromatic rings. The molecule has 0 fully saturated rings. The highest BCUT2D eigenvalue weighted by atomic mass is 79.9. The Balaban J connectivity index is 2.41. The zero-order chi connectivity index (χ0) is 10.7. The van der Waals surface area contributed by atoms with E-state index in [2.05, 4.69) is 15.9 Å². The summed E-state index contributed by atoms with van der Waals surface area (Å²) < 4.78 is 6.58. The third-order valence-electron chi connectivity index (χ3n) is 2.08. The lowest BCUT2D eigenvalue weighted by atomic mass is 10.1. The van der Waals surface area contributed by atoms with Crippen LogP contribution in [0.25, 0.3) is 11.1 Å². The molecule has 78 valence electrons. The third-order valence-corrected chi connectivity index (χ3v) is 2.44. The number of rotatable bonds is 3. The van der Waals surface area contributed by atoms with E-state index in [4.69, 9.17) is 4.52 Å². The molecule has 0 amide bonds. The molecule has 0 aliphatic carbocycles. The lowest BCUT2D eigenvalue weighted by Crippen LogP contribution is -1.98. The molecule has 1 aromatic heterocycles. The van der Waals surface area contributed by atoms with Gasteiger partial charge in [0, 0.05) is 5.33 Å². The number of alkyl halides is 1. The quantitative estimate of drug-likeness (QED) is 0.802. The van der Waals surface area contributed by atoms with Crippen LogP contribution in [0.2, 0.25) is 0 Å². The Kier molecular flexibility index (Phi) is 3.06. The van der Waals surface area contributed by atoms with E-state index in [0.717, 1.165) is 10.9 Å². The maximum absolute atomic E-state index is 11.5. The van der Waals surface area contributed by atoms with Crippen LogP contribution in [-0.4, -0.2) is 10.1 Å². The molecule has 0 N–H and O–H groups in total. The first-order valence-electron chi connectivity index (χ1n) is 4.63. The van der Waals surface area contributed by atoms with Crippen LogP contribution in [-0.2, 0) is 6.54 Å². The molecule has 1 aromatic carbocycles. The SMILES string of the molecule is O=c1on(CCBr)cc1-c1ccccc1. The van der Waals surface area contributed by atoms with E-state index < -0.39 is 0 Å². The summed E-state index contributed by atoms with van der Waals surface area (Å²) in [5.41, 5.74) is 1.21. The summed E-state index contributed by atoms with van der Waals surface area (Å²) >= 11 is 3.29. The van der Waals surface area contributed by atoms with Crippen molar-refractivity contribution in [3.05, 3.63) is 46.9 Å². The van der Waals surface area contributed by atoms with Gasteiger partial charge in [-0.25, -0.2) is 9.53 Å². The van der Waals surface area contributed by atoms with Crippen molar-refractivity contribution >= 4 is 15.9 Å². The normalized spacial score (nSPS) is 10.5. The van der Waals surface area contributed by atoms with Gasteiger partial charge in [-0.3, -0.25) is 0 Å². The predicted octanol–water partition coefficient (Wildman–Crippen LogP) is 2.50. The van der Waals surface area contributed by atoms with Gasteiger partial charge in [-0.1, -0.05) is 46.3 Å². The summed E-state index contributed by atoms with van der Waals surface area (Å²) in [6, 6.07) is 9.50. The lowest BCUT2D eigenvalue weighted by Gasteiger charge is -1.93. The molecule has 0 aliphatic rings. The van der Waals surface area contributed by atoms with Crippen LogP contribution in [0.3, 0.4) is 0 Å². The minimum absolute atomic E-state index is 0.290. The standard InChI is InChI=1S/C11H10BrNO2/c12-6-7-13-8-10(11(14)15-13)9-4-2-1-3-5-9/h1-5,8H,6-7H2. The maximum atomic E-state index is 11.5. The summed E-state index contributed by atoms with van der Waals surface area (Å²) in [6.07, 6.45) is 1.74. The van der Waals surface area contributed by atoms with Crippen LogP contribution in [0.1, 0.15) is 0 Å². The van der Waals surface area contributed by atoms with Gasteiger partial charge in [0.15, 0.2) is 0 Å². The summed E-state index contributed by atoms with van der Waals surface area (Å²) in [5, 5.41) is 0.763. The lowest BCUT2D eigenvalue weighted by molar-refractivity contribution is 0.262. The van der Waals surface area contributed by atoms with E-state index in [1.807, 2.05) is 30.3 Å². The Labute approximate surface area is 95.4 Å². The molecule has 0 unspecified atom stereocenters. The molecule has 4 heteroatoms. The summed E-state index contributed by atoms with van der Waals surface area (Å²) in [5.74, 6) is 0. The number of aromatic nitrogens is 1. The summed E-state index contributed by atoms with van der Waals surface area (Å²) in [7, 11) is 0. The fourth-order valence-corrected chi connectivity index (χ4v) is 1.73. The van der Waals surface area contributed by atoms with Crippen molar-refractivity contribution in [2.24, 2.45) is 0 Å². The zero-order valence-electron chi connectivity index (χ0n) is 8.02. The van der Waals surface area contributed by atoms with E-state index in [1.165, 1.54) is 0 Å². The summed E-state index contributed by atoms with van der Waals surface area (Å²) in [4.78, 5) is 11.5. The second-order valence-electron chi connectivity index (χ2n) is 3.12. The van der Waals surface area contributed by atoms with Crippen LogP contribution in [0.4, 0.5) is 0 Å². The van der Waals surface area contributed by atoms with Gasteiger partial charge in [0.1, 0.15) is 0 Å². The van der Waals surface area contributed by atoms with Crippen molar-refractivity contribution < 1.29 is 4.52 Å². The fraction of sp³-hybridized carbons (Fsp3) is 0.182. The number of benzene rings is 1. The smallest absolute Gasteiger partial charge is 0.336 e. The molecule has 0 saturated carbocycles. The highest BCUT2D eigenvalue weighted by Gasteiger charge is 2.07. The highest BCUT2D eigenvalue weighted by molar-refractivity contribution is 9.09. The van der Waals surface area contributed by atoms with Gasteiger partial charge in [0.2, 0.25) is 0 Å². The number of hydrogen-bond acceptors (Lipinski definition) is 2. The van der Waals surface area contributed by atoms with E-state index in [1.54, 1.807) is 10.9 Å². The Morgan fingerprint density at radius 1 is 1.27 bits per heavy atom. The van der Waals surface area contributed by atoms with Crippen LogP contribution in [0.5, 0.6) is 0 Å². The van der Waals surface area contributed by atoms with E-state index in [9.17, 15) is 4.79 Å². The van der Waals surface area contributed by atoms with Crippen molar-refractivity contribution in [3.63, 3.8) is 0 Å². The van der Waals surface area contributed by atoms with Crippen molar-refractivity contribution in [2.45, 2.75) is 6.54 Å². The third kappa shape index (κ3) is 2.21. The molecule has 0 radical (unpaired) electrons. The predicted molar refractivity (Wildman–Crippen MR) is 62.2 cm³/mol. The molecule has 15 heavy (non-hydrogen) atoms. The molecule has 2 rings (SSSR count). The first kappa shape index (κ1) is 10.2. The van der Waals surface area contributed by atoms with E-state index in [0.29, 0.717) is 12.1 Å². The minimum Gasteiger partial charge on any atom is -0.336 e. The molecule has 0 bridgehead atoms. The summed E-state index contributed by atoms with van der Waals surface area (Å²) in [6.45, 7) is 0.655. The van der Waals surface area contributed by atoms with Crippen molar-refractivity contribution in [3.8, 4) is 11.1 Å². The van der Waals surface area contributed by atoms with E-state index in [-0.39, 0.29) is 5.63 Å². The van der Waals surface area contributed by atoms with Crippen molar-refractivity contribution in [2.75, 3.05) is 5.33 Å². The second-order valence-corrected chi connectivity index (χ2v) is 3.91. The average Bonchev–Trinajstić information content (AvgIpc) is 2.61. The Hall–Kier alpha value is -1.29. The molecule has 0 spiro atoms. The monoisotopic (exact) mass is 267 g/mol. The van der Waals surface area contributed by atoms with Gasteiger partial charge in [-0.2, -0.15) is 0 Å². The molecule has 0 aliphatic heterocycles. The van der Waals surface area contributed by atoms with Crippen LogP contribution in [0, 0.1) is 0 Å². The number of aryl methyl sites for hydroxylation is 1. The van der Waals surface area contributed by atoms with Gasteiger partial charge in [0.25, 0.3) is 0 Å². The first-order valence-corrected chi connectivity index (χ1v) is 5.75. The van der Waals surface area contributed by atoms with Crippen LogP contribution >= 0.6 is 15.9 Å². The molecular weight excluding hydrogens is 258 g/mol. The first-order chi connectivity index (χ1) is 7.31. The van der Waals surface area contributed by atoms with Crippen LogP contribution in [0.15, 0.2) is 45.8 Å². The number of halogens is 1. The zero-order valence-corrected chi connectivity index (χ0v) is 9.61. The highest BCUT2D eigenvalue weighted by Crippen LogP contribution is 2.14. The topological polar surface area (TPSA) is 35.1 Å². The fourth-order valence-electron chi connectivity index (χ4n) is 1.38. The van der Waals surface area contributed by atoms with Gasteiger partial charge in [-0.05, 0) is 5.56 Å². The van der Waals surface area contributed by atoms with Crippen LogP contribution < -0.4 is 5.63 Å². The molecule has 0 saturated heterocycles. The second kappa shape index (κ2) is 4.49. The van der Waals surface area contributed by atoms with Crippen molar-refractivity contribution in [1.82, 2.24) is 4.74 Å².